The van der Waals surface area contributed by atoms with Gasteiger partial charge in [-0.05, 0) is 49.6 Å². The van der Waals surface area contributed by atoms with Gasteiger partial charge in [0.25, 0.3) is 0 Å². The Labute approximate surface area is 130 Å². The molecular formula is C18H20N2O2. The maximum atomic E-state index is 12.0. The van der Waals surface area contributed by atoms with Gasteiger partial charge in [0.1, 0.15) is 0 Å². The zero-order valence-corrected chi connectivity index (χ0v) is 13.0. The SMILES string of the molecule is Cc1ccc(NC(=O)C(=O)NC(C)c2ccccc2)cc1C. The molecule has 0 aliphatic carbocycles. The number of hydrogen-bond donors (Lipinski definition) is 2. The molecule has 2 aromatic rings. The molecule has 2 amide bonds. The highest BCUT2D eigenvalue weighted by Crippen LogP contribution is 2.14. The maximum Gasteiger partial charge on any atom is 0.313 e. The van der Waals surface area contributed by atoms with Crippen molar-refractivity contribution in [3.05, 3.63) is 65.2 Å². The van der Waals surface area contributed by atoms with Gasteiger partial charge >= 0.3 is 11.8 Å². The number of rotatable bonds is 3. The molecule has 0 saturated carbocycles. The van der Waals surface area contributed by atoms with E-state index >= 15 is 0 Å². The van der Waals surface area contributed by atoms with Gasteiger partial charge in [0.2, 0.25) is 0 Å². The quantitative estimate of drug-likeness (QED) is 0.855. The van der Waals surface area contributed by atoms with E-state index in [1.807, 2.05) is 63.2 Å². The van der Waals surface area contributed by atoms with Crippen LogP contribution in [0.15, 0.2) is 48.5 Å². The number of amides is 2. The summed E-state index contributed by atoms with van der Waals surface area (Å²) in [6, 6.07) is 14.8. The zero-order valence-electron chi connectivity index (χ0n) is 13.0. The Bertz CT molecular complexity index is 681. The van der Waals surface area contributed by atoms with Crippen molar-refractivity contribution in [1.29, 1.82) is 0 Å². The number of hydrogen-bond acceptors (Lipinski definition) is 2. The third-order valence-corrected chi connectivity index (χ3v) is 3.62. The fourth-order valence-corrected chi connectivity index (χ4v) is 2.09. The van der Waals surface area contributed by atoms with Gasteiger partial charge in [-0.15, -0.1) is 0 Å². The first-order valence-electron chi connectivity index (χ1n) is 7.21. The molecule has 0 fully saturated rings. The second-order valence-corrected chi connectivity index (χ2v) is 5.36. The molecule has 4 heteroatoms. The van der Waals surface area contributed by atoms with E-state index in [4.69, 9.17) is 0 Å². The second kappa shape index (κ2) is 6.89. The molecule has 0 heterocycles. The van der Waals surface area contributed by atoms with Crippen molar-refractivity contribution in [1.82, 2.24) is 5.32 Å². The molecule has 2 rings (SSSR count). The van der Waals surface area contributed by atoms with E-state index in [1.54, 1.807) is 6.07 Å². The molecule has 0 aliphatic rings. The third-order valence-electron chi connectivity index (χ3n) is 3.62. The third kappa shape index (κ3) is 3.95. The number of nitrogens with one attached hydrogen (secondary N) is 2. The summed E-state index contributed by atoms with van der Waals surface area (Å²) in [5.74, 6) is -1.30. The number of aryl methyl sites for hydroxylation is 2. The zero-order chi connectivity index (χ0) is 16.1. The van der Waals surface area contributed by atoms with Gasteiger partial charge < -0.3 is 10.6 Å². The van der Waals surface area contributed by atoms with Crippen LogP contribution in [0.1, 0.15) is 29.7 Å². The minimum absolute atomic E-state index is 0.223. The molecule has 1 unspecified atom stereocenters. The topological polar surface area (TPSA) is 58.2 Å². The van der Waals surface area contributed by atoms with Crippen molar-refractivity contribution >= 4 is 17.5 Å². The number of carbonyl (C=O) groups excluding carboxylic acids is 2. The molecular weight excluding hydrogens is 276 g/mol. The minimum Gasteiger partial charge on any atom is -0.341 e. The van der Waals surface area contributed by atoms with Crippen molar-refractivity contribution in [2.45, 2.75) is 26.8 Å². The first-order chi connectivity index (χ1) is 10.5. The largest absolute Gasteiger partial charge is 0.341 e. The van der Waals surface area contributed by atoms with Crippen LogP contribution in [0.3, 0.4) is 0 Å². The van der Waals surface area contributed by atoms with E-state index in [0.717, 1.165) is 16.7 Å². The smallest absolute Gasteiger partial charge is 0.313 e. The average molecular weight is 296 g/mol. The van der Waals surface area contributed by atoms with Crippen LogP contribution in [-0.2, 0) is 9.59 Å². The highest BCUT2D eigenvalue weighted by molar-refractivity contribution is 6.39. The fraction of sp³-hybridized carbons (Fsp3) is 0.222. The lowest BCUT2D eigenvalue weighted by atomic mass is 10.1. The Balaban J connectivity index is 1.97. The summed E-state index contributed by atoms with van der Waals surface area (Å²) < 4.78 is 0. The summed E-state index contributed by atoms with van der Waals surface area (Å²) in [6.07, 6.45) is 0. The molecule has 0 spiro atoms. The second-order valence-electron chi connectivity index (χ2n) is 5.36. The summed E-state index contributed by atoms with van der Waals surface area (Å²) in [4.78, 5) is 23.9. The highest BCUT2D eigenvalue weighted by Gasteiger charge is 2.17. The Hall–Kier alpha value is -2.62. The summed E-state index contributed by atoms with van der Waals surface area (Å²) >= 11 is 0. The van der Waals surface area contributed by atoms with Gasteiger partial charge in [-0.25, -0.2) is 0 Å². The van der Waals surface area contributed by atoms with Crippen LogP contribution in [0.25, 0.3) is 0 Å². The Morgan fingerprint density at radius 2 is 1.59 bits per heavy atom. The Kier molecular flexibility index (Phi) is 4.94. The summed E-state index contributed by atoms with van der Waals surface area (Å²) in [6.45, 7) is 5.80. The maximum absolute atomic E-state index is 12.0. The lowest BCUT2D eigenvalue weighted by molar-refractivity contribution is -0.136. The molecule has 114 valence electrons. The fourth-order valence-electron chi connectivity index (χ4n) is 2.09. The van der Waals surface area contributed by atoms with E-state index in [9.17, 15) is 9.59 Å². The monoisotopic (exact) mass is 296 g/mol. The van der Waals surface area contributed by atoms with Crippen molar-refractivity contribution in [2.75, 3.05) is 5.32 Å². The lowest BCUT2D eigenvalue weighted by Crippen LogP contribution is -2.36. The van der Waals surface area contributed by atoms with Crippen LogP contribution in [0.2, 0.25) is 0 Å². The van der Waals surface area contributed by atoms with Crippen LogP contribution in [-0.4, -0.2) is 11.8 Å². The predicted octanol–water partition coefficient (Wildman–Crippen LogP) is 3.12. The van der Waals surface area contributed by atoms with Gasteiger partial charge in [-0.3, -0.25) is 9.59 Å². The highest BCUT2D eigenvalue weighted by atomic mass is 16.2. The van der Waals surface area contributed by atoms with Crippen LogP contribution in [0.4, 0.5) is 5.69 Å². The summed E-state index contributed by atoms with van der Waals surface area (Å²) in [5, 5.41) is 5.31. The summed E-state index contributed by atoms with van der Waals surface area (Å²) in [7, 11) is 0. The normalized spacial score (nSPS) is 11.6. The van der Waals surface area contributed by atoms with Crippen molar-refractivity contribution in [2.24, 2.45) is 0 Å². The van der Waals surface area contributed by atoms with Gasteiger partial charge in [0, 0.05) is 5.69 Å². The standard InChI is InChI=1S/C18H20N2O2/c1-12-9-10-16(11-13(12)2)20-18(22)17(21)19-14(3)15-7-5-4-6-8-15/h4-11,14H,1-3H3,(H,19,21)(H,20,22). The Morgan fingerprint density at radius 3 is 2.23 bits per heavy atom. The van der Waals surface area contributed by atoms with Gasteiger partial charge in [0.05, 0.1) is 6.04 Å². The lowest BCUT2D eigenvalue weighted by Gasteiger charge is -2.14. The molecule has 0 saturated heterocycles. The van der Waals surface area contributed by atoms with Crippen LogP contribution in [0.5, 0.6) is 0 Å². The Morgan fingerprint density at radius 1 is 0.909 bits per heavy atom. The number of carbonyl (C=O) groups is 2. The first kappa shape index (κ1) is 15.8. The van der Waals surface area contributed by atoms with Gasteiger partial charge in [-0.1, -0.05) is 36.4 Å². The molecule has 2 aromatic carbocycles. The molecule has 1 atom stereocenters. The molecule has 0 aromatic heterocycles. The van der Waals surface area contributed by atoms with Gasteiger partial charge in [-0.2, -0.15) is 0 Å². The predicted molar refractivity (Wildman–Crippen MR) is 87.5 cm³/mol. The molecule has 0 aliphatic heterocycles. The first-order valence-corrected chi connectivity index (χ1v) is 7.21. The minimum atomic E-state index is -0.661. The molecule has 4 nitrogen and oxygen atoms in total. The number of anilines is 1. The van der Waals surface area contributed by atoms with Crippen LogP contribution >= 0.6 is 0 Å². The molecule has 22 heavy (non-hydrogen) atoms. The van der Waals surface area contributed by atoms with Gasteiger partial charge in [0.15, 0.2) is 0 Å². The van der Waals surface area contributed by atoms with E-state index in [0.29, 0.717) is 5.69 Å². The van der Waals surface area contributed by atoms with Crippen molar-refractivity contribution < 1.29 is 9.59 Å². The van der Waals surface area contributed by atoms with E-state index in [2.05, 4.69) is 10.6 Å². The average Bonchev–Trinajstić information content (AvgIpc) is 2.51. The van der Waals surface area contributed by atoms with Crippen LogP contribution in [0, 0.1) is 13.8 Å². The molecule has 2 N–H and O–H groups in total. The van der Waals surface area contributed by atoms with Crippen LogP contribution < -0.4 is 10.6 Å². The summed E-state index contributed by atoms with van der Waals surface area (Å²) in [5.41, 5.74) is 3.78. The van der Waals surface area contributed by atoms with E-state index in [1.165, 1.54) is 0 Å². The van der Waals surface area contributed by atoms with Crippen molar-refractivity contribution in [3.63, 3.8) is 0 Å². The molecule has 0 radical (unpaired) electrons. The van der Waals surface area contributed by atoms with E-state index in [-0.39, 0.29) is 6.04 Å². The molecule has 0 bridgehead atoms. The van der Waals surface area contributed by atoms with Crippen molar-refractivity contribution in [3.8, 4) is 0 Å². The number of benzene rings is 2. The van der Waals surface area contributed by atoms with E-state index < -0.39 is 11.8 Å².